The number of rotatable bonds is 3. The van der Waals surface area contributed by atoms with E-state index in [9.17, 15) is 14.4 Å². The van der Waals surface area contributed by atoms with Crippen molar-refractivity contribution in [2.75, 3.05) is 0 Å². The van der Waals surface area contributed by atoms with Gasteiger partial charge in [0.15, 0.2) is 0 Å². The number of amides is 1. The normalized spacial score (nSPS) is 11.2. The topological polar surface area (TPSA) is 84.0 Å². The quantitative estimate of drug-likeness (QED) is 0.894. The Morgan fingerprint density at radius 3 is 2.41 bits per heavy atom. The summed E-state index contributed by atoms with van der Waals surface area (Å²) in [6, 6.07) is 9.37. The fourth-order valence-electron chi connectivity index (χ4n) is 2.00. The maximum Gasteiger partial charge on any atom is 0.328 e. The molecule has 0 aliphatic heterocycles. The molecule has 6 nitrogen and oxygen atoms in total. The summed E-state index contributed by atoms with van der Waals surface area (Å²) in [6.45, 7) is 5.77. The third-order valence-corrected chi connectivity index (χ3v) is 3.21. The van der Waals surface area contributed by atoms with Crippen LogP contribution in [0.15, 0.2) is 46.1 Å². The largest absolute Gasteiger partial charge is 0.348 e. The van der Waals surface area contributed by atoms with Gasteiger partial charge in [0.25, 0.3) is 11.5 Å². The Kier molecular flexibility index (Phi) is 4.30. The second-order valence-corrected chi connectivity index (χ2v) is 6.01. The number of nitrogens with zero attached hydrogens (tertiary/aromatic N) is 1. The van der Waals surface area contributed by atoms with Gasteiger partial charge in [-0.15, -0.1) is 0 Å². The Morgan fingerprint density at radius 1 is 1.18 bits per heavy atom. The predicted octanol–water partition coefficient (Wildman–Crippen LogP) is 1.22. The Balaban J connectivity index is 2.26. The smallest absolute Gasteiger partial charge is 0.328 e. The van der Waals surface area contributed by atoms with Crippen molar-refractivity contribution in [3.8, 4) is 0 Å². The summed E-state index contributed by atoms with van der Waals surface area (Å²) >= 11 is 0. The molecule has 0 bridgehead atoms. The molecule has 2 rings (SSSR count). The maximum absolute atomic E-state index is 12.2. The Bertz CT molecular complexity index is 783. The van der Waals surface area contributed by atoms with Gasteiger partial charge < -0.3 is 5.32 Å². The number of carbonyl (C=O) groups is 1. The number of aromatic nitrogens is 2. The van der Waals surface area contributed by atoms with Crippen LogP contribution in [-0.2, 0) is 12.1 Å². The Morgan fingerprint density at radius 2 is 1.82 bits per heavy atom. The molecular formula is C16H19N3O3. The first-order chi connectivity index (χ1) is 10.3. The number of hydrogen-bond acceptors (Lipinski definition) is 3. The molecule has 0 saturated heterocycles. The highest BCUT2D eigenvalue weighted by molar-refractivity contribution is 5.93. The number of hydrogen-bond donors (Lipinski definition) is 2. The van der Waals surface area contributed by atoms with Crippen LogP contribution < -0.4 is 16.6 Å². The van der Waals surface area contributed by atoms with E-state index < -0.39 is 22.7 Å². The van der Waals surface area contributed by atoms with E-state index in [4.69, 9.17) is 0 Å². The van der Waals surface area contributed by atoms with E-state index in [1.807, 2.05) is 51.1 Å². The second kappa shape index (κ2) is 6.01. The fraction of sp³-hybridized carbons (Fsp3) is 0.312. The number of benzene rings is 1. The monoisotopic (exact) mass is 301 g/mol. The molecule has 0 fully saturated rings. The molecule has 0 aliphatic rings. The molecule has 6 heteroatoms. The molecule has 0 radical (unpaired) electrons. The van der Waals surface area contributed by atoms with Gasteiger partial charge in [-0.05, 0) is 26.3 Å². The standard InChI is InChI=1S/C16H19N3O3/c1-16(2,3)19-10-12(14(21)18-15(19)22)13(20)17-9-11-7-5-4-6-8-11/h4-8,10H,9H2,1-3H3,(H,17,20)(H,18,21,22). The van der Waals surface area contributed by atoms with Gasteiger partial charge in [0, 0.05) is 18.3 Å². The first-order valence-electron chi connectivity index (χ1n) is 6.97. The molecule has 0 spiro atoms. The second-order valence-electron chi connectivity index (χ2n) is 6.01. The van der Waals surface area contributed by atoms with Gasteiger partial charge in [0.05, 0.1) is 0 Å². The van der Waals surface area contributed by atoms with Crippen molar-refractivity contribution in [3.63, 3.8) is 0 Å². The number of aromatic amines is 1. The van der Waals surface area contributed by atoms with E-state index in [1.165, 1.54) is 10.8 Å². The first kappa shape index (κ1) is 15.8. The van der Waals surface area contributed by atoms with Gasteiger partial charge in [-0.25, -0.2) is 4.79 Å². The van der Waals surface area contributed by atoms with Crippen molar-refractivity contribution >= 4 is 5.91 Å². The van der Waals surface area contributed by atoms with Crippen molar-refractivity contribution in [1.29, 1.82) is 0 Å². The average Bonchev–Trinajstić information content (AvgIpc) is 2.44. The molecule has 0 unspecified atom stereocenters. The van der Waals surface area contributed by atoms with Gasteiger partial charge in [-0.2, -0.15) is 0 Å². The van der Waals surface area contributed by atoms with Crippen LogP contribution in [-0.4, -0.2) is 15.5 Å². The first-order valence-corrected chi connectivity index (χ1v) is 6.97. The molecule has 2 aromatic rings. The van der Waals surface area contributed by atoms with E-state index in [-0.39, 0.29) is 5.56 Å². The lowest BCUT2D eigenvalue weighted by Gasteiger charge is -2.22. The minimum absolute atomic E-state index is 0.0783. The molecule has 0 aliphatic carbocycles. The summed E-state index contributed by atoms with van der Waals surface area (Å²) in [5, 5.41) is 2.68. The molecule has 0 atom stereocenters. The van der Waals surface area contributed by atoms with Crippen molar-refractivity contribution in [2.24, 2.45) is 0 Å². The van der Waals surface area contributed by atoms with Gasteiger partial charge >= 0.3 is 5.69 Å². The summed E-state index contributed by atoms with van der Waals surface area (Å²) in [6.07, 6.45) is 1.31. The third-order valence-electron chi connectivity index (χ3n) is 3.21. The van der Waals surface area contributed by atoms with Crippen molar-refractivity contribution < 1.29 is 4.79 Å². The SMILES string of the molecule is CC(C)(C)n1cc(C(=O)NCc2ccccc2)c(=O)[nH]c1=O. The number of nitrogens with one attached hydrogen (secondary N) is 2. The zero-order valence-corrected chi connectivity index (χ0v) is 12.8. The van der Waals surface area contributed by atoms with Crippen LogP contribution in [0.3, 0.4) is 0 Å². The van der Waals surface area contributed by atoms with E-state index in [2.05, 4.69) is 10.3 Å². The number of H-pyrrole nitrogens is 1. The summed E-state index contributed by atoms with van der Waals surface area (Å²) < 4.78 is 1.34. The van der Waals surface area contributed by atoms with E-state index in [0.717, 1.165) is 5.56 Å². The highest BCUT2D eigenvalue weighted by Gasteiger charge is 2.19. The van der Waals surface area contributed by atoms with Crippen molar-refractivity contribution in [3.05, 3.63) is 68.5 Å². The van der Waals surface area contributed by atoms with Crippen LogP contribution in [0.2, 0.25) is 0 Å². The maximum atomic E-state index is 12.2. The minimum Gasteiger partial charge on any atom is -0.348 e. The summed E-state index contributed by atoms with van der Waals surface area (Å²) in [4.78, 5) is 38.0. The number of carbonyl (C=O) groups excluding carboxylic acids is 1. The lowest BCUT2D eigenvalue weighted by Crippen LogP contribution is -2.42. The van der Waals surface area contributed by atoms with E-state index in [1.54, 1.807) is 0 Å². The van der Waals surface area contributed by atoms with Gasteiger partial charge in [0.2, 0.25) is 0 Å². The minimum atomic E-state index is -0.684. The highest BCUT2D eigenvalue weighted by Crippen LogP contribution is 2.09. The Labute approximate surface area is 127 Å². The molecule has 22 heavy (non-hydrogen) atoms. The molecule has 2 N–H and O–H groups in total. The molecule has 1 aromatic carbocycles. The van der Waals surface area contributed by atoms with Crippen LogP contribution in [0.25, 0.3) is 0 Å². The predicted molar refractivity (Wildman–Crippen MR) is 83.9 cm³/mol. The molecular weight excluding hydrogens is 282 g/mol. The fourth-order valence-corrected chi connectivity index (χ4v) is 2.00. The molecule has 1 amide bonds. The highest BCUT2D eigenvalue weighted by atomic mass is 16.2. The van der Waals surface area contributed by atoms with Crippen LogP contribution in [0.1, 0.15) is 36.7 Å². The van der Waals surface area contributed by atoms with Gasteiger partial charge in [-0.1, -0.05) is 30.3 Å². The van der Waals surface area contributed by atoms with Crippen molar-refractivity contribution in [2.45, 2.75) is 32.9 Å². The van der Waals surface area contributed by atoms with E-state index >= 15 is 0 Å². The average molecular weight is 301 g/mol. The molecule has 1 aromatic heterocycles. The molecule has 1 heterocycles. The molecule has 0 saturated carbocycles. The van der Waals surface area contributed by atoms with Crippen LogP contribution in [0.4, 0.5) is 0 Å². The Hall–Kier alpha value is -2.63. The third kappa shape index (κ3) is 3.52. The zero-order chi connectivity index (χ0) is 16.3. The summed E-state index contributed by atoms with van der Waals surface area (Å²) in [5.41, 5.74) is -0.898. The van der Waals surface area contributed by atoms with E-state index in [0.29, 0.717) is 6.54 Å². The van der Waals surface area contributed by atoms with Crippen molar-refractivity contribution in [1.82, 2.24) is 14.9 Å². The van der Waals surface area contributed by atoms with Gasteiger partial charge in [0.1, 0.15) is 5.56 Å². The summed E-state index contributed by atoms with van der Waals surface area (Å²) in [7, 11) is 0. The molecule has 116 valence electrons. The van der Waals surface area contributed by atoms with Crippen LogP contribution in [0.5, 0.6) is 0 Å². The van der Waals surface area contributed by atoms with Gasteiger partial charge in [-0.3, -0.25) is 19.1 Å². The summed E-state index contributed by atoms with van der Waals surface area (Å²) in [5.74, 6) is -0.511. The lowest BCUT2D eigenvalue weighted by atomic mass is 10.1. The lowest BCUT2D eigenvalue weighted by molar-refractivity contribution is 0.0948. The van der Waals surface area contributed by atoms with Crippen LogP contribution in [0, 0.1) is 0 Å². The van der Waals surface area contributed by atoms with Crippen LogP contribution >= 0.6 is 0 Å². The zero-order valence-electron chi connectivity index (χ0n) is 12.8.